The first kappa shape index (κ1) is 12.7. The fourth-order valence-electron chi connectivity index (χ4n) is 1.13. The van der Waals surface area contributed by atoms with Gasteiger partial charge in [-0.2, -0.15) is 4.31 Å². The van der Waals surface area contributed by atoms with E-state index in [4.69, 9.17) is 4.52 Å². The molecule has 0 aliphatic heterocycles. The highest BCUT2D eigenvalue weighted by Gasteiger charge is 2.19. The van der Waals surface area contributed by atoms with E-state index < -0.39 is 10.0 Å². The Hall–Kier alpha value is -0.400. The molecule has 0 saturated heterocycles. The summed E-state index contributed by atoms with van der Waals surface area (Å²) in [5.41, 5.74) is 1.55. The van der Waals surface area contributed by atoms with Crippen LogP contribution in [-0.4, -0.2) is 29.6 Å². The normalized spacial score (nSPS) is 12.3. The van der Waals surface area contributed by atoms with Crippen molar-refractivity contribution < 1.29 is 12.9 Å². The van der Waals surface area contributed by atoms with Gasteiger partial charge in [0.1, 0.15) is 10.4 Å². The minimum Gasteiger partial charge on any atom is -0.361 e. The predicted octanol–water partition coefficient (Wildman–Crippen LogP) is 1.41. The highest BCUT2D eigenvalue weighted by atomic mass is 79.9. The molecule has 0 amide bonds. The summed E-state index contributed by atoms with van der Waals surface area (Å²) in [4.78, 5) is 0. The van der Waals surface area contributed by atoms with E-state index in [0.717, 1.165) is 11.3 Å². The van der Waals surface area contributed by atoms with Crippen LogP contribution in [0.4, 0.5) is 0 Å². The number of alkyl halides is 1. The van der Waals surface area contributed by atoms with Crippen LogP contribution in [0.2, 0.25) is 0 Å². The van der Waals surface area contributed by atoms with Crippen molar-refractivity contribution in [1.29, 1.82) is 0 Å². The number of halogens is 1. The van der Waals surface area contributed by atoms with E-state index in [0.29, 0.717) is 5.76 Å². The van der Waals surface area contributed by atoms with E-state index in [-0.39, 0.29) is 11.2 Å². The predicted molar refractivity (Wildman–Crippen MR) is 60.2 cm³/mol. The molecule has 0 atom stereocenters. The first-order valence-electron chi connectivity index (χ1n) is 4.30. The number of sulfonamides is 1. The van der Waals surface area contributed by atoms with E-state index in [9.17, 15) is 8.42 Å². The molecule has 0 saturated carbocycles. The van der Waals surface area contributed by atoms with E-state index in [1.807, 2.05) is 0 Å². The first-order chi connectivity index (χ1) is 6.88. The van der Waals surface area contributed by atoms with Crippen molar-refractivity contribution in [3.63, 3.8) is 0 Å². The van der Waals surface area contributed by atoms with Crippen LogP contribution < -0.4 is 0 Å². The molecule has 0 fully saturated rings. The number of hydrogen-bond donors (Lipinski definition) is 0. The number of rotatable bonds is 4. The molecule has 5 nitrogen and oxygen atoms in total. The zero-order valence-corrected chi connectivity index (χ0v) is 11.2. The standard InChI is InChI=1S/C8H13BrN2O3S/c1-6-8(7(2)14-10-6)4-11(3)15(12,13)5-9/h4-5H2,1-3H3. The molecular weight excluding hydrogens is 284 g/mol. The van der Waals surface area contributed by atoms with Crippen LogP contribution in [0.5, 0.6) is 0 Å². The summed E-state index contributed by atoms with van der Waals surface area (Å²) in [5, 5.41) is 3.77. The van der Waals surface area contributed by atoms with Gasteiger partial charge in [0.05, 0.1) is 5.69 Å². The highest BCUT2D eigenvalue weighted by molar-refractivity contribution is 9.10. The van der Waals surface area contributed by atoms with Crippen molar-refractivity contribution in [3.05, 3.63) is 17.0 Å². The quantitative estimate of drug-likeness (QED) is 0.788. The maximum absolute atomic E-state index is 11.5. The van der Waals surface area contributed by atoms with Gasteiger partial charge in [-0.25, -0.2) is 8.42 Å². The molecule has 0 aliphatic rings. The van der Waals surface area contributed by atoms with Gasteiger partial charge in [0, 0.05) is 19.2 Å². The van der Waals surface area contributed by atoms with Gasteiger partial charge in [0.2, 0.25) is 10.0 Å². The molecule has 1 aromatic rings. The third-order valence-electron chi connectivity index (χ3n) is 2.17. The summed E-state index contributed by atoms with van der Waals surface area (Å²) in [6.45, 7) is 3.85. The van der Waals surface area contributed by atoms with Crippen LogP contribution in [0.1, 0.15) is 17.0 Å². The molecule has 86 valence electrons. The van der Waals surface area contributed by atoms with Crippen LogP contribution in [0, 0.1) is 13.8 Å². The third-order valence-corrected chi connectivity index (χ3v) is 5.27. The van der Waals surface area contributed by atoms with Crippen LogP contribution in [0.15, 0.2) is 4.52 Å². The second kappa shape index (κ2) is 4.63. The van der Waals surface area contributed by atoms with Gasteiger partial charge in [-0.15, -0.1) is 0 Å². The van der Waals surface area contributed by atoms with E-state index in [1.54, 1.807) is 13.8 Å². The second-order valence-electron chi connectivity index (χ2n) is 3.28. The smallest absolute Gasteiger partial charge is 0.224 e. The number of aromatic nitrogens is 1. The van der Waals surface area contributed by atoms with Gasteiger partial charge in [-0.1, -0.05) is 21.1 Å². The van der Waals surface area contributed by atoms with Gasteiger partial charge in [-0.3, -0.25) is 0 Å². The Balaban J connectivity index is 2.88. The molecule has 0 aromatic carbocycles. The van der Waals surface area contributed by atoms with Gasteiger partial charge >= 0.3 is 0 Å². The van der Waals surface area contributed by atoms with Crippen molar-refractivity contribution in [2.75, 3.05) is 11.7 Å². The average Bonchev–Trinajstić information content (AvgIpc) is 2.49. The molecule has 1 rings (SSSR count). The molecular formula is C8H13BrN2O3S. The maximum atomic E-state index is 11.5. The van der Waals surface area contributed by atoms with Crippen molar-refractivity contribution in [2.24, 2.45) is 0 Å². The van der Waals surface area contributed by atoms with Crippen molar-refractivity contribution in [3.8, 4) is 0 Å². The minimum atomic E-state index is -3.23. The minimum absolute atomic E-state index is 0.0835. The summed E-state index contributed by atoms with van der Waals surface area (Å²) >= 11 is 2.94. The monoisotopic (exact) mass is 296 g/mol. The lowest BCUT2D eigenvalue weighted by atomic mass is 10.2. The molecule has 1 aromatic heterocycles. The molecule has 7 heteroatoms. The summed E-state index contributed by atoms with van der Waals surface area (Å²) in [6, 6.07) is 0. The van der Waals surface area contributed by atoms with Crippen molar-refractivity contribution in [1.82, 2.24) is 9.46 Å². The molecule has 0 unspecified atom stereocenters. The first-order valence-corrected chi connectivity index (χ1v) is 7.03. The topological polar surface area (TPSA) is 63.4 Å². The van der Waals surface area contributed by atoms with Gasteiger partial charge in [0.25, 0.3) is 0 Å². The Bertz CT molecular complexity index is 421. The molecule has 1 heterocycles. The van der Waals surface area contributed by atoms with E-state index >= 15 is 0 Å². The summed E-state index contributed by atoms with van der Waals surface area (Å²) < 4.78 is 29.1. The van der Waals surface area contributed by atoms with Gasteiger partial charge in [0.15, 0.2) is 0 Å². The molecule has 0 bridgehead atoms. The zero-order valence-electron chi connectivity index (χ0n) is 8.82. The summed E-state index contributed by atoms with van der Waals surface area (Å²) in [6.07, 6.45) is 0. The Morgan fingerprint density at radius 3 is 2.47 bits per heavy atom. The largest absolute Gasteiger partial charge is 0.361 e. The summed E-state index contributed by atoms with van der Waals surface area (Å²) in [5.74, 6) is 0.657. The van der Waals surface area contributed by atoms with Crippen LogP contribution >= 0.6 is 15.9 Å². The molecule has 15 heavy (non-hydrogen) atoms. The zero-order chi connectivity index (χ0) is 11.6. The van der Waals surface area contributed by atoms with Crippen molar-refractivity contribution in [2.45, 2.75) is 20.4 Å². The molecule has 0 aliphatic carbocycles. The lowest BCUT2D eigenvalue weighted by Crippen LogP contribution is -2.27. The number of hydrogen-bond acceptors (Lipinski definition) is 4. The highest BCUT2D eigenvalue weighted by Crippen LogP contribution is 2.16. The molecule has 0 N–H and O–H groups in total. The van der Waals surface area contributed by atoms with Crippen LogP contribution in [-0.2, 0) is 16.6 Å². The van der Waals surface area contributed by atoms with Crippen LogP contribution in [0.25, 0.3) is 0 Å². The average molecular weight is 297 g/mol. The maximum Gasteiger partial charge on any atom is 0.224 e. The second-order valence-corrected chi connectivity index (χ2v) is 6.66. The number of nitrogens with zero attached hydrogens (tertiary/aromatic N) is 2. The molecule has 0 spiro atoms. The Morgan fingerprint density at radius 2 is 2.07 bits per heavy atom. The fourth-order valence-corrected chi connectivity index (χ4v) is 2.67. The third kappa shape index (κ3) is 2.79. The SMILES string of the molecule is Cc1noc(C)c1CN(C)S(=O)(=O)CBr. The van der Waals surface area contributed by atoms with Crippen LogP contribution in [0.3, 0.4) is 0 Å². The van der Waals surface area contributed by atoms with Crippen molar-refractivity contribution >= 4 is 26.0 Å². The van der Waals surface area contributed by atoms with E-state index in [1.165, 1.54) is 11.4 Å². The molecule has 0 radical (unpaired) electrons. The van der Waals surface area contributed by atoms with E-state index in [2.05, 4.69) is 21.1 Å². The summed E-state index contributed by atoms with van der Waals surface area (Å²) in [7, 11) is -1.70. The van der Waals surface area contributed by atoms with Gasteiger partial charge in [-0.05, 0) is 13.8 Å². The lowest BCUT2D eigenvalue weighted by molar-refractivity contribution is 0.390. The Labute approximate surface area is 97.6 Å². The lowest BCUT2D eigenvalue weighted by Gasteiger charge is -2.14. The fraction of sp³-hybridized carbons (Fsp3) is 0.625. The van der Waals surface area contributed by atoms with Gasteiger partial charge < -0.3 is 4.52 Å². The number of aryl methyl sites for hydroxylation is 2. The Kier molecular flexibility index (Phi) is 3.91. The Morgan fingerprint density at radius 1 is 1.47 bits per heavy atom.